The summed E-state index contributed by atoms with van der Waals surface area (Å²) in [4.78, 5) is 25.9. The fourth-order valence-electron chi connectivity index (χ4n) is 3.63. The molecule has 1 atom stereocenters. The average Bonchev–Trinajstić information content (AvgIpc) is 2.87. The largest absolute Gasteiger partial charge is 0.476 e. The first kappa shape index (κ1) is 23.3. The minimum Gasteiger partial charge on any atom is -0.476 e. The summed E-state index contributed by atoms with van der Waals surface area (Å²) in [7, 11) is -3.62. The molecule has 1 aliphatic heterocycles. The topological polar surface area (TPSA) is 105 Å². The molecule has 4 rings (SSSR count). The van der Waals surface area contributed by atoms with Crippen LogP contribution in [-0.4, -0.2) is 38.6 Å². The number of carbonyl (C=O) groups is 2. The molecule has 0 saturated carbocycles. The van der Waals surface area contributed by atoms with Gasteiger partial charge in [0.15, 0.2) is 6.10 Å². The van der Waals surface area contributed by atoms with E-state index in [-0.39, 0.29) is 18.2 Å². The monoisotopic (exact) mass is 479 g/mol. The van der Waals surface area contributed by atoms with Crippen LogP contribution in [0, 0.1) is 0 Å². The van der Waals surface area contributed by atoms with E-state index in [1.54, 1.807) is 55.5 Å². The molecule has 0 fully saturated rings. The van der Waals surface area contributed by atoms with Crippen molar-refractivity contribution in [2.24, 2.45) is 0 Å². The van der Waals surface area contributed by atoms with E-state index in [0.29, 0.717) is 29.2 Å². The fourth-order valence-corrected chi connectivity index (χ4v) is 4.76. The number of hydrogen-bond donors (Lipinski definition) is 2. The van der Waals surface area contributed by atoms with Crippen LogP contribution in [0.3, 0.4) is 0 Å². The predicted molar refractivity (Wildman–Crippen MR) is 130 cm³/mol. The number of nitrogens with zero attached hydrogens (tertiary/aromatic N) is 1. The third-order valence-electron chi connectivity index (χ3n) is 5.45. The lowest BCUT2D eigenvalue weighted by molar-refractivity contribution is -0.122. The highest BCUT2D eigenvalue weighted by molar-refractivity contribution is 7.92. The van der Waals surface area contributed by atoms with E-state index in [1.165, 1.54) is 4.31 Å². The second-order valence-electron chi connectivity index (χ2n) is 7.71. The second-order valence-corrected chi connectivity index (χ2v) is 9.89. The number of nitrogens with one attached hydrogen (secondary N) is 2. The molecule has 0 aromatic heterocycles. The third-order valence-corrected chi connectivity index (χ3v) is 7.20. The van der Waals surface area contributed by atoms with Crippen LogP contribution in [0.5, 0.6) is 5.75 Å². The van der Waals surface area contributed by atoms with Gasteiger partial charge in [-0.3, -0.25) is 13.9 Å². The van der Waals surface area contributed by atoms with Crippen LogP contribution in [0.4, 0.5) is 11.4 Å². The van der Waals surface area contributed by atoms with E-state index in [1.807, 2.05) is 30.3 Å². The van der Waals surface area contributed by atoms with Gasteiger partial charge in [-0.15, -0.1) is 0 Å². The molecule has 176 valence electrons. The molecule has 1 aliphatic rings. The zero-order valence-electron chi connectivity index (χ0n) is 18.6. The van der Waals surface area contributed by atoms with Gasteiger partial charge in [-0.05, 0) is 36.8 Å². The Morgan fingerprint density at radius 1 is 0.971 bits per heavy atom. The van der Waals surface area contributed by atoms with Crippen molar-refractivity contribution >= 4 is 33.2 Å². The van der Waals surface area contributed by atoms with E-state index in [0.717, 1.165) is 5.56 Å². The van der Waals surface area contributed by atoms with Crippen molar-refractivity contribution in [3.63, 3.8) is 0 Å². The molecule has 9 heteroatoms. The van der Waals surface area contributed by atoms with E-state index < -0.39 is 22.0 Å². The number of hydrogen-bond acceptors (Lipinski definition) is 5. The van der Waals surface area contributed by atoms with E-state index in [2.05, 4.69) is 10.6 Å². The zero-order valence-corrected chi connectivity index (χ0v) is 19.4. The molecule has 0 bridgehead atoms. The minimum absolute atomic E-state index is 0.111. The van der Waals surface area contributed by atoms with Gasteiger partial charge in [0.1, 0.15) is 5.75 Å². The van der Waals surface area contributed by atoms with Crippen molar-refractivity contribution in [1.82, 2.24) is 5.32 Å². The Morgan fingerprint density at radius 3 is 2.41 bits per heavy atom. The normalized spacial score (nSPS) is 15.1. The lowest BCUT2D eigenvalue weighted by Crippen LogP contribution is -2.49. The van der Waals surface area contributed by atoms with Crippen molar-refractivity contribution in [3.05, 3.63) is 90.0 Å². The van der Waals surface area contributed by atoms with Crippen LogP contribution in [0.15, 0.2) is 78.9 Å². The molecule has 34 heavy (non-hydrogen) atoms. The van der Waals surface area contributed by atoms with Crippen LogP contribution in [0.2, 0.25) is 0 Å². The number of sulfonamides is 1. The average molecular weight is 480 g/mol. The summed E-state index contributed by atoms with van der Waals surface area (Å²) < 4.78 is 32.3. The molecule has 3 aromatic carbocycles. The lowest BCUT2D eigenvalue weighted by Gasteiger charge is -2.34. The number of para-hydroxylation sites is 3. The lowest BCUT2D eigenvalue weighted by atomic mass is 10.1. The van der Waals surface area contributed by atoms with Gasteiger partial charge in [-0.2, -0.15) is 0 Å². The quantitative estimate of drug-likeness (QED) is 0.542. The van der Waals surface area contributed by atoms with Gasteiger partial charge < -0.3 is 15.4 Å². The summed E-state index contributed by atoms with van der Waals surface area (Å²) in [6.45, 7) is 1.72. The van der Waals surface area contributed by atoms with E-state index in [9.17, 15) is 18.0 Å². The minimum atomic E-state index is -3.62. The molecule has 8 nitrogen and oxygen atoms in total. The highest BCUT2D eigenvalue weighted by atomic mass is 32.2. The van der Waals surface area contributed by atoms with Crippen molar-refractivity contribution in [3.8, 4) is 5.75 Å². The maximum Gasteiger partial charge on any atom is 0.267 e. The first-order valence-electron chi connectivity index (χ1n) is 10.9. The first-order valence-corrected chi connectivity index (χ1v) is 12.5. The highest BCUT2D eigenvalue weighted by Gasteiger charge is 2.36. The molecule has 0 spiro atoms. The second kappa shape index (κ2) is 9.96. The van der Waals surface area contributed by atoms with Crippen LogP contribution < -0.4 is 19.7 Å². The molecule has 1 heterocycles. The third kappa shape index (κ3) is 5.04. The number of ether oxygens (including phenoxy) is 1. The first-order chi connectivity index (χ1) is 16.4. The van der Waals surface area contributed by atoms with Crippen LogP contribution in [0.25, 0.3) is 0 Å². The summed E-state index contributed by atoms with van der Waals surface area (Å²) in [6.07, 6.45) is -1.09. The van der Waals surface area contributed by atoms with Crippen molar-refractivity contribution < 1.29 is 22.7 Å². The summed E-state index contributed by atoms with van der Waals surface area (Å²) in [5.41, 5.74) is 1.95. The van der Waals surface area contributed by atoms with Crippen LogP contribution in [0.1, 0.15) is 22.8 Å². The maximum atomic E-state index is 13.1. The van der Waals surface area contributed by atoms with Gasteiger partial charge in [-0.1, -0.05) is 54.6 Å². The molecule has 2 amide bonds. The smallest absolute Gasteiger partial charge is 0.267 e. The molecule has 3 aromatic rings. The Labute approximate surface area is 198 Å². The summed E-state index contributed by atoms with van der Waals surface area (Å²) in [5, 5.41) is 5.58. The summed E-state index contributed by atoms with van der Waals surface area (Å²) in [6, 6.07) is 22.8. The predicted octanol–water partition coefficient (Wildman–Crippen LogP) is 3.17. The Balaban J connectivity index is 1.51. The zero-order chi connectivity index (χ0) is 24.1. The van der Waals surface area contributed by atoms with Crippen LogP contribution in [-0.2, 0) is 21.4 Å². The molecular formula is C25H25N3O5S. The maximum absolute atomic E-state index is 13.1. The standard InChI is InChI=1S/C25H25N3O5S/c1-2-34(31,32)28-17-23(33-22-15-9-8-14-21(22)28)25(30)27-20-13-7-6-12-19(20)24(29)26-16-18-10-4-3-5-11-18/h3-15,23H,2,16-17H2,1H3,(H,26,29)(H,27,30). The van der Waals surface area contributed by atoms with Gasteiger partial charge in [0.2, 0.25) is 10.0 Å². The molecule has 0 aliphatic carbocycles. The summed E-state index contributed by atoms with van der Waals surface area (Å²) >= 11 is 0. The SMILES string of the molecule is CCS(=O)(=O)N1CC(C(=O)Nc2ccccc2C(=O)NCc2ccccc2)Oc2ccccc21. The Morgan fingerprint density at radius 2 is 1.65 bits per heavy atom. The highest BCUT2D eigenvalue weighted by Crippen LogP contribution is 2.35. The van der Waals surface area contributed by atoms with Crippen molar-refractivity contribution in [2.45, 2.75) is 19.6 Å². The van der Waals surface area contributed by atoms with E-state index >= 15 is 0 Å². The van der Waals surface area contributed by atoms with Gasteiger partial charge in [0, 0.05) is 6.54 Å². The van der Waals surface area contributed by atoms with Crippen molar-refractivity contribution in [2.75, 3.05) is 21.9 Å². The molecular weight excluding hydrogens is 454 g/mol. The fraction of sp³-hybridized carbons (Fsp3) is 0.200. The molecule has 0 radical (unpaired) electrons. The Kier molecular flexibility index (Phi) is 6.83. The number of benzene rings is 3. The van der Waals surface area contributed by atoms with Gasteiger partial charge >= 0.3 is 0 Å². The number of amides is 2. The van der Waals surface area contributed by atoms with Gasteiger partial charge in [0.25, 0.3) is 11.8 Å². The number of anilines is 2. The van der Waals surface area contributed by atoms with E-state index in [4.69, 9.17) is 4.74 Å². The molecule has 2 N–H and O–H groups in total. The number of carbonyl (C=O) groups excluding carboxylic acids is 2. The van der Waals surface area contributed by atoms with Crippen LogP contribution >= 0.6 is 0 Å². The van der Waals surface area contributed by atoms with Crippen molar-refractivity contribution in [1.29, 1.82) is 0 Å². The molecule has 1 unspecified atom stereocenters. The summed E-state index contributed by atoms with van der Waals surface area (Å²) in [5.74, 6) is -0.695. The Bertz CT molecular complexity index is 1290. The Hall–Kier alpha value is -3.85. The number of fused-ring (bicyclic) bond motifs is 1. The molecule has 0 saturated heterocycles. The van der Waals surface area contributed by atoms with Gasteiger partial charge in [0.05, 0.1) is 29.2 Å². The van der Waals surface area contributed by atoms with Gasteiger partial charge in [-0.25, -0.2) is 8.42 Å². The number of rotatable bonds is 7.